The molecule has 3 heteroatoms. The smallest absolute Gasteiger partial charge is 0.337 e. The summed E-state index contributed by atoms with van der Waals surface area (Å²) in [5, 5.41) is 0. The van der Waals surface area contributed by atoms with Crippen LogP contribution in [0.2, 0.25) is 0 Å². The lowest BCUT2D eigenvalue weighted by molar-refractivity contribution is 0.0601. The van der Waals surface area contributed by atoms with Crippen molar-refractivity contribution in [2.24, 2.45) is 0 Å². The highest BCUT2D eigenvalue weighted by molar-refractivity contribution is 5.90. The predicted octanol–water partition coefficient (Wildman–Crippen LogP) is 3.98. The number of anilines is 1. The van der Waals surface area contributed by atoms with E-state index in [9.17, 15) is 4.79 Å². The lowest BCUT2D eigenvalue weighted by Gasteiger charge is -2.24. The van der Waals surface area contributed by atoms with Gasteiger partial charge in [0.1, 0.15) is 0 Å². The van der Waals surface area contributed by atoms with Crippen molar-refractivity contribution in [1.82, 2.24) is 0 Å². The second-order valence-corrected chi connectivity index (χ2v) is 5.46. The highest BCUT2D eigenvalue weighted by Crippen LogP contribution is 2.22. The molecule has 3 rings (SSSR count). The molecular weight excluding hydrogens is 286 g/mol. The highest BCUT2D eigenvalue weighted by Gasteiger charge is 2.11. The van der Waals surface area contributed by atoms with Gasteiger partial charge in [0, 0.05) is 18.4 Å². The lowest BCUT2D eigenvalue weighted by Crippen LogP contribution is -2.20. The zero-order chi connectivity index (χ0) is 16.1. The summed E-state index contributed by atoms with van der Waals surface area (Å²) in [6.07, 6.45) is 7.34. The number of nitrogens with zero attached hydrogens (tertiary/aromatic N) is 1. The molecule has 3 nitrogen and oxygen atoms in total. The molecule has 116 valence electrons. The Balaban J connectivity index is 1.81. The minimum atomic E-state index is -0.312. The first kappa shape index (κ1) is 15.1. The summed E-state index contributed by atoms with van der Waals surface area (Å²) in [4.78, 5) is 13.8. The van der Waals surface area contributed by atoms with Crippen LogP contribution < -0.4 is 4.90 Å². The Bertz CT molecular complexity index is 747. The van der Waals surface area contributed by atoms with E-state index in [4.69, 9.17) is 4.74 Å². The number of esters is 1. The summed E-state index contributed by atoms with van der Waals surface area (Å²) >= 11 is 0. The fourth-order valence-corrected chi connectivity index (χ4v) is 2.66. The van der Waals surface area contributed by atoms with Crippen molar-refractivity contribution in [2.45, 2.75) is 6.42 Å². The molecule has 2 aromatic carbocycles. The van der Waals surface area contributed by atoms with E-state index in [-0.39, 0.29) is 5.97 Å². The summed E-state index contributed by atoms with van der Waals surface area (Å²) in [5.41, 5.74) is 4.08. The Labute approximate surface area is 136 Å². The summed E-state index contributed by atoms with van der Waals surface area (Å²) in [6.45, 7) is 0.795. The van der Waals surface area contributed by atoms with Crippen molar-refractivity contribution < 1.29 is 9.53 Å². The zero-order valence-corrected chi connectivity index (χ0v) is 13.1. The standard InChI is InChI=1S/C20H19NO2/c1-23-20(22)18-10-5-11-19(14-18)21-12-6-9-17(15-21)13-16-7-3-2-4-8-16/h2-11,14-15H,12-13H2,1H3. The van der Waals surface area contributed by atoms with Gasteiger partial charge >= 0.3 is 5.97 Å². The van der Waals surface area contributed by atoms with Gasteiger partial charge < -0.3 is 9.64 Å². The molecule has 1 heterocycles. The van der Waals surface area contributed by atoms with Gasteiger partial charge in [0.25, 0.3) is 0 Å². The van der Waals surface area contributed by atoms with Crippen LogP contribution in [0, 0.1) is 0 Å². The van der Waals surface area contributed by atoms with E-state index < -0.39 is 0 Å². The molecule has 2 aromatic rings. The van der Waals surface area contributed by atoms with Crippen LogP contribution in [-0.4, -0.2) is 19.6 Å². The van der Waals surface area contributed by atoms with Gasteiger partial charge in [-0.1, -0.05) is 48.6 Å². The average Bonchev–Trinajstić information content (AvgIpc) is 2.62. The van der Waals surface area contributed by atoms with Crippen LogP contribution in [0.5, 0.6) is 0 Å². The molecule has 0 saturated heterocycles. The average molecular weight is 305 g/mol. The normalized spacial score (nSPS) is 13.6. The van der Waals surface area contributed by atoms with Crippen LogP contribution in [0.25, 0.3) is 0 Å². The van der Waals surface area contributed by atoms with E-state index in [1.807, 2.05) is 24.3 Å². The van der Waals surface area contributed by atoms with E-state index in [1.54, 1.807) is 6.07 Å². The van der Waals surface area contributed by atoms with Crippen molar-refractivity contribution in [1.29, 1.82) is 0 Å². The van der Waals surface area contributed by atoms with E-state index in [0.717, 1.165) is 18.7 Å². The van der Waals surface area contributed by atoms with Crippen LogP contribution in [0.15, 0.2) is 78.5 Å². The number of benzene rings is 2. The molecule has 0 atom stereocenters. The zero-order valence-electron chi connectivity index (χ0n) is 13.1. The number of carbonyl (C=O) groups is 1. The molecule has 1 aliphatic heterocycles. The Hall–Kier alpha value is -2.81. The van der Waals surface area contributed by atoms with Crippen LogP contribution >= 0.6 is 0 Å². The topological polar surface area (TPSA) is 29.5 Å². The van der Waals surface area contributed by atoms with Crippen LogP contribution in [-0.2, 0) is 11.2 Å². The minimum Gasteiger partial charge on any atom is -0.465 e. The Morgan fingerprint density at radius 2 is 1.96 bits per heavy atom. The number of carbonyl (C=O) groups excluding carboxylic acids is 1. The van der Waals surface area contributed by atoms with Gasteiger partial charge in [-0.3, -0.25) is 0 Å². The molecule has 0 unspecified atom stereocenters. The molecule has 0 aliphatic carbocycles. The molecule has 0 fully saturated rings. The van der Waals surface area contributed by atoms with E-state index in [0.29, 0.717) is 5.56 Å². The maximum atomic E-state index is 11.7. The van der Waals surface area contributed by atoms with Gasteiger partial charge in [0.05, 0.1) is 12.7 Å². The number of methoxy groups -OCH3 is 1. The van der Waals surface area contributed by atoms with Crippen LogP contribution in [0.3, 0.4) is 0 Å². The van der Waals surface area contributed by atoms with Crippen LogP contribution in [0.4, 0.5) is 5.69 Å². The number of hydrogen-bond donors (Lipinski definition) is 0. The third-order valence-electron chi connectivity index (χ3n) is 3.81. The van der Waals surface area contributed by atoms with Crippen molar-refractivity contribution in [3.05, 3.63) is 89.6 Å². The van der Waals surface area contributed by atoms with Gasteiger partial charge in [0.2, 0.25) is 0 Å². The summed E-state index contributed by atoms with van der Waals surface area (Å²) in [7, 11) is 1.40. The summed E-state index contributed by atoms with van der Waals surface area (Å²) < 4.78 is 4.79. The lowest BCUT2D eigenvalue weighted by atomic mass is 10.0. The van der Waals surface area contributed by atoms with Crippen molar-refractivity contribution >= 4 is 11.7 Å². The molecular formula is C20H19NO2. The number of rotatable bonds is 4. The van der Waals surface area contributed by atoms with Gasteiger partial charge in [-0.15, -0.1) is 0 Å². The second-order valence-electron chi connectivity index (χ2n) is 5.46. The van der Waals surface area contributed by atoms with Gasteiger partial charge in [-0.05, 0) is 35.8 Å². The van der Waals surface area contributed by atoms with Crippen molar-refractivity contribution in [3.8, 4) is 0 Å². The maximum Gasteiger partial charge on any atom is 0.337 e. The molecule has 23 heavy (non-hydrogen) atoms. The Morgan fingerprint density at radius 1 is 1.13 bits per heavy atom. The molecule has 0 bridgehead atoms. The fraction of sp³-hybridized carbons (Fsp3) is 0.150. The first-order valence-electron chi connectivity index (χ1n) is 7.62. The molecule has 1 aliphatic rings. The number of hydrogen-bond acceptors (Lipinski definition) is 3. The quantitative estimate of drug-likeness (QED) is 0.800. The first-order chi connectivity index (χ1) is 11.3. The van der Waals surface area contributed by atoms with Gasteiger partial charge in [-0.2, -0.15) is 0 Å². The Morgan fingerprint density at radius 3 is 2.74 bits per heavy atom. The fourth-order valence-electron chi connectivity index (χ4n) is 2.66. The summed E-state index contributed by atoms with van der Waals surface area (Å²) in [5.74, 6) is -0.312. The number of ether oxygens (including phenoxy) is 1. The molecule has 0 saturated carbocycles. The third-order valence-corrected chi connectivity index (χ3v) is 3.81. The van der Waals surface area contributed by atoms with E-state index in [1.165, 1.54) is 18.2 Å². The number of allylic oxidation sites excluding steroid dienone is 2. The van der Waals surface area contributed by atoms with E-state index in [2.05, 4.69) is 47.5 Å². The molecule has 0 radical (unpaired) electrons. The first-order valence-corrected chi connectivity index (χ1v) is 7.62. The molecule has 0 spiro atoms. The molecule has 0 aromatic heterocycles. The maximum absolute atomic E-state index is 11.7. The summed E-state index contributed by atoms with van der Waals surface area (Å²) in [6, 6.07) is 17.9. The monoisotopic (exact) mass is 305 g/mol. The largest absolute Gasteiger partial charge is 0.465 e. The minimum absolute atomic E-state index is 0.312. The van der Waals surface area contributed by atoms with E-state index >= 15 is 0 Å². The van der Waals surface area contributed by atoms with Crippen LogP contribution in [0.1, 0.15) is 15.9 Å². The van der Waals surface area contributed by atoms with Gasteiger partial charge in [0.15, 0.2) is 0 Å². The second kappa shape index (κ2) is 6.97. The highest BCUT2D eigenvalue weighted by atomic mass is 16.5. The SMILES string of the molecule is COC(=O)c1cccc(N2C=C(Cc3ccccc3)C=CC2)c1. The predicted molar refractivity (Wildman–Crippen MR) is 92.5 cm³/mol. The molecule has 0 amide bonds. The molecule has 0 N–H and O–H groups in total. The van der Waals surface area contributed by atoms with Gasteiger partial charge in [-0.25, -0.2) is 4.79 Å². The van der Waals surface area contributed by atoms with Crippen molar-refractivity contribution in [3.63, 3.8) is 0 Å². The van der Waals surface area contributed by atoms with Crippen molar-refractivity contribution in [2.75, 3.05) is 18.6 Å². The Kier molecular flexibility index (Phi) is 4.57. The third kappa shape index (κ3) is 3.69.